The predicted octanol–water partition coefficient (Wildman–Crippen LogP) is 2.45. The van der Waals surface area contributed by atoms with Crippen molar-refractivity contribution in [3.63, 3.8) is 0 Å². The van der Waals surface area contributed by atoms with Crippen LogP contribution in [0.1, 0.15) is 45.4 Å². The average Bonchev–Trinajstić information content (AvgIpc) is 3.44. The Kier molecular flexibility index (Phi) is 5.66. The molecule has 29 heavy (non-hydrogen) atoms. The molecule has 0 radical (unpaired) electrons. The molecule has 7 nitrogen and oxygen atoms in total. The van der Waals surface area contributed by atoms with Gasteiger partial charge in [-0.15, -0.1) is 0 Å². The monoisotopic (exact) mass is 419 g/mol. The third kappa shape index (κ3) is 4.33. The standard InChI is InChI=1S/C21H29N3O4S/c1-15-10-13-23(14-11-15)29(27,28)18-8-6-17(7-9-18)22-20(25)19-3-2-12-24(19)21(26)16-4-5-16/h6-9,15-16,19H,2-5,10-14H2,1H3,(H,22,25). The summed E-state index contributed by atoms with van der Waals surface area (Å²) < 4.78 is 27.2. The van der Waals surface area contributed by atoms with Crippen LogP contribution >= 0.6 is 0 Å². The van der Waals surface area contributed by atoms with Gasteiger partial charge in [-0.2, -0.15) is 4.31 Å². The Balaban J connectivity index is 1.40. The second kappa shape index (κ2) is 8.07. The van der Waals surface area contributed by atoms with E-state index in [2.05, 4.69) is 12.2 Å². The lowest BCUT2D eigenvalue weighted by molar-refractivity contribution is -0.137. The van der Waals surface area contributed by atoms with Crippen LogP contribution in [0.4, 0.5) is 5.69 Å². The molecular formula is C21H29N3O4S. The molecule has 0 bridgehead atoms. The zero-order valence-corrected chi connectivity index (χ0v) is 17.7. The number of amides is 2. The third-order valence-electron chi connectivity index (χ3n) is 6.27. The van der Waals surface area contributed by atoms with Crippen LogP contribution in [0.3, 0.4) is 0 Å². The van der Waals surface area contributed by atoms with Gasteiger partial charge in [0, 0.05) is 31.2 Å². The summed E-state index contributed by atoms with van der Waals surface area (Å²) in [4.78, 5) is 27.0. The molecular weight excluding hydrogens is 390 g/mol. The van der Waals surface area contributed by atoms with Gasteiger partial charge < -0.3 is 10.2 Å². The molecule has 1 aliphatic carbocycles. The summed E-state index contributed by atoms with van der Waals surface area (Å²) in [5.41, 5.74) is 0.548. The summed E-state index contributed by atoms with van der Waals surface area (Å²) in [5, 5.41) is 2.85. The number of hydrogen-bond acceptors (Lipinski definition) is 4. The summed E-state index contributed by atoms with van der Waals surface area (Å²) in [6, 6.07) is 5.91. The SMILES string of the molecule is CC1CCN(S(=O)(=O)c2ccc(NC(=O)C3CCCN3C(=O)C3CC3)cc2)CC1. The maximum Gasteiger partial charge on any atom is 0.247 e. The first kappa shape index (κ1) is 20.3. The van der Waals surface area contributed by atoms with Crippen LogP contribution in [-0.2, 0) is 19.6 Å². The number of likely N-dealkylation sites (tertiary alicyclic amines) is 1. The van der Waals surface area contributed by atoms with E-state index in [0.717, 1.165) is 32.1 Å². The van der Waals surface area contributed by atoms with E-state index in [0.29, 0.717) is 37.7 Å². The summed E-state index contributed by atoms with van der Waals surface area (Å²) in [6.07, 6.45) is 5.12. The summed E-state index contributed by atoms with van der Waals surface area (Å²) in [5.74, 6) is 0.559. The molecule has 0 spiro atoms. The summed E-state index contributed by atoms with van der Waals surface area (Å²) in [6.45, 7) is 3.88. The van der Waals surface area contributed by atoms with E-state index in [1.165, 1.54) is 0 Å². The van der Waals surface area contributed by atoms with Gasteiger partial charge in [0.05, 0.1) is 4.90 Å². The summed E-state index contributed by atoms with van der Waals surface area (Å²) >= 11 is 0. The van der Waals surface area contributed by atoms with Crippen molar-refractivity contribution in [3.05, 3.63) is 24.3 Å². The van der Waals surface area contributed by atoms with Gasteiger partial charge in [0.1, 0.15) is 6.04 Å². The molecule has 4 rings (SSSR count). The second-order valence-electron chi connectivity index (χ2n) is 8.56. The second-order valence-corrected chi connectivity index (χ2v) is 10.5. The topological polar surface area (TPSA) is 86.8 Å². The van der Waals surface area contributed by atoms with E-state index < -0.39 is 16.1 Å². The van der Waals surface area contributed by atoms with E-state index in [1.54, 1.807) is 33.5 Å². The van der Waals surface area contributed by atoms with Gasteiger partial charge in [-0.05, 0) is 68.7 Å². The van der Waals surface area contributed by atoms with Crippen molar-refractivity contribution in [3.8, 4) is 0 Å². The van der Waals surface area contributed by atoms with E-state index in [-0.39, 0.29) is 22.6 Å². The van der Waals surface area contributed by atoms with Crippen molar-refractivity contribution in [2.75, 3.05) is 25.0 Å². The van der Waals surface area contributed by atoms with Crippen molar-refractivity contribution < 1.29 is 18.0 Å². The maximum atomic E-state index is 12.8. The number of benzene rings is 1. The molecule has 0 aromatic heterocycles. The lowest BCUT2D eigenvalue weighted by Crippen LogP contribution is -2.43. The Bertz CT molecular complexity index is 872. The van der Waals surface area contributed by atoms with Gasteiger partial charge >= 0.3 is 0 Å². The average molecular weight is 420 g/mol. The quantitative estimate of drug-likeness (QED) is 0.794. The minimum Gasteiger partial charge on any atom is -0.330 e. The van der Waals surface area contributed by atoms with Crippen LogP contribution in [0.5, 0.6) is 0 Å². The first-order chi connectivity index (χ1) is 13.9. The number of nitrogens with one attached hydrogen (secondary N) is 1. The number of rotatable bonds is 5. The fourth-order valence-corrected chi connectivity index (χ4v) is 5.65. The number of carbonyl (C=O) groups excluding carboxylic acids is 2. The Morgan fingerprint density at radius 3 is 2.24 bits per heavy atom. The van der Waals surface area contributed by atoms with Crippen LogP contribution < -0.4 is 5.32 Å². The molecule has 2 saturated heterocycles. The number of anilines is 1. The van der Waals surface area contributed by atoms with Crippen LogP contribution in [-0.4, -0.2) is 55.1 Å². The van der Waals surface area contributed by atoms with Gasteiger partial charge in [-0.1, -0.05) is 6.92 Å². The third-order valence-corrected chi connectivity index (χ3v) is 8.18. The molecule has 1 aromatic carbocycles. The molecule has 2 aliphatic heterocycles. The molecule has 2 heterocycles. The van der Waals surface area contributed by atoms with Crippen molar-refractivity contribution >= 4 is 27.5 Å². The lowest BCUT2D eigenvalue weighted by Gasteiger charge is -2.29. The lowest BCUT2D eigenvalue weighted by atomic mass is 10.0. The highest BCUT2D eigenvalue weighted by Gasteiger charge is 2.40. The molecule has 3 aliphatic rings. The van der Waals surface area contributed by atoms with Gasteiger partial charge in [-0.25, -0.2) is 8.42 Å². The van der Waals surface area contributed by atoms with E-state index in [9.17, 15) is 18.0 Å². The van der Waals surface area contributed by atoms with E-state index in [4.69, 9.17) is 0 Å². The van der Waals surface area contributed by atoms with Crippen molar-refractivity contribution in [1.29, 1.82) is 0 Å². The van der Waals surface area contributed by atoms with Crippen LogP contribution in [0.25, 0.3) is 0 Å². The van der Waals surface area contributed by atoms with E-state index >= 15 is 0 Å². The fourth-order valence-electron chi connectivity index (χ4n) is 4.18. The van der Waals surface area contributed by atoms with Gasteiger partial charge in [0.25, 0.3) is 0 Å². The van der Waals surface area contributed by atoms with Crippen molar-refractivity contribution in [2.45, 2.75) is 56.4 Å². The van der Waals surface area contributed by atoms with Gasteiger partial charge in [0.2, 0.25) is 21.8 Å². The molecule has 1 atom stereocenters. The Hall–Kier alpha value is -1.93. The number of hydrogen-bond donors (Lipinski definition) is 1. The van der Waals surface area contributed by atoms with Gasteiger partial charge in [0.15, 0.2) is 0 Å². The molecule has 158 valence electrons. The zero-order valence-electron chi connectivity index (χ0n) is 16.8. The van der Waals surface area contributed by atoms with Gasteiger partial charge in [-0.3, -0.25) is 9.59 Å². The Labute approximate surface area is 172 Å². The highest BCUT2D eigenvalue weighted by Crippen LogP contribution is 2.34. The fraction of sp³-hybridized carbons (Fsp3) is 0.619. The highest BCUT2D eigenvalue weighted by atomic mass is 32.2. The number of carbonyl (C=O) groups is 2. The maximum absolute atomic E-state index is 12.8. The van der Waals surface area contributed by atoms with Crippen LogP contribution in [0.2, 0.25) is 0 Å². The molecule has 1 saturated carbocycles. The van der Waals surface area contributed by atoms with Crippen molar-refractivity contribution in [1.82, 2.24) is 9.21 Å². The minimum atomic E-state index is -3.50. The smallest absolute Gasteiger partial charge is 0.247 e. The largest absolute Gasteiger partial charge is 0.330 e. The number of piperidine rings is 1. The molecule has 2 amide bonds. The molecule has 1 unspecified atom stereocenters. The van der Waals surface area contributed by atoms with Crippen LogP contribution in [0.15, 0.2) is 29.2 Å². The Morgan fingerprint density at radius 1 is 0.966 bits per heavy atom. The van der Waals surface area contributed by atoms with Crippen LogP contribution in [0, 0.1) is 11.8 Å². The summed E-state index contributed by atoms with van der Waals surface area (Å²) in [7, 11) is -3.50. The normalized spacial score (nSPS) is 23.9. The van der Waals surface area contributed by atoms with Crippen molar-refractivity contribution in [2.24, 2.45) is 11.8 Å². The molecule has 3 fully saturated rings. The predicted molar refractivity (Wildman–Crippen MR) is 110 cm³/mol. The number of nitrogens with zero attached hydrogens (tertiary/aromatic N) is 2. The van der Waals surface area contributed by atoms with E-state index in [1.807, 2.05) is 0 Å². The zero-order chi connectivity index (χ0) is 20.6. The molecule has 1 N–H and O–H groups in total. The molecule has 1 aromatic rings. The first-order valence-electron chi connectivity index (χ1n) is 10.6. The Morgan fingerprint density at radius 2 is 1.62 bits per heavy atom. The minimum absolute atomic E-state index is 0.0972. The highest BCUT2D eigenvalue weighted by molar-refractivity contribution is 7.89. The molecule has 8 heteroatoms. The first-order valence-corrected chi connectivity index (χ1v) is 12.0. The number of sulfonamides is 1.